The van der Waals surface area contributed by atoms with Crippen LogP contribution in [0, 0.1) is 0 Å². The van der Waals surface area contributed by atoms with Crippen LogP contribution in [0.5, 0.6) is 0 Å². The highest BCUT2D eigenvalue weighted by Crippen LogP contribution is 2.03. The lowest BCUT2D eigenvalue weighted by molar-refractivity contribution is -0.141. The van der Waals surface area contributed by atoms with Crippen molar-refractivity contribution in [1.29, 1.82) is 0 Å². The van der Waals surface area contributed by atoms with Crippen LogP contribution >= 0.6 is 11.6 Å². The summed E-state index contributed by atoms with van der Waals surface area (Å²) in [5.74, 6) is -0.924. The second-order valence-electron chi connectivity index (χ2n) is 2.96. The van der Waals surface area contributed by atoms with Gasteiger partial charge in [0.25, 0.3) is 5.91 Å². The summed E-state index contributed by atoms with van der Waals surface area (Å²) in [5, 5.41) is 0.201. The van der Waals surface area contributed by atoms with Gasteiger partial charge in [0.2, 0.25) is 0 Å². The van der Waals surface area contributed by atoms with Crippen LogP contribution in [0.1, 0.15) is 10.5 Å². The van der Waals surface area contributed by atoms with Crippen molar-refractivity contribution >= 4 is 23.5 Å². The Labute approximate surface area is 97.2 Å². The molecule has 0 aromatic carbocycles. The summed E-state index contributed by atoms with van der Waals surface area (Å²) in [6.07, 6.45) is 2.51. The number of likely N-dealkylation sites (N-methyl/N-ethyl adjacent to an activating group) is 1. The second kappa shape index (κ2) is 5.41. The summed E-state index contributed by atoms with van der Waals surface area (Å²) >= 11 is 5.53. The summed E-state index contributed by atoms with van der Waals surface area (Å²) in [4.78, 5) is 31.3. The SMILES string of the molecule is COC(=O)CN(C)C(=O)c1cnc(Cl)cn1. The van der Waals surface area contributed by atoms with E-state index in [1.807, 2.05) is 0 Å². The Morgan fingerprint density at radius 3 is 2.62 bits per heavy atom. The van der Waals surface area contributed by atoms with Gasteiger partial charge in [0.15, 0.2) is 0 Å². The number of esters is 1. The fourth-order valence-corrected chi connectivity index (χ4v) is 1.05. The van der Waals surface area contributed by atoms with Gasteiger partial charge in [0.1, 0.15) is 17.4 Å². The fraction of sp³-hybridized carbons (Fsp3) is 0.333. The molecule has 0 bridgehead atoms. The number of hydrogen-bond acceptors (Lipinski definition) is 5. The van der Waals surface area contributed by atoms with Crippen LogP contribution in [0.4, 0.5) is 0 Å². The molecule has 1 rings (SSSR count). The first kappa shape index (κ1) is 12.4. The molecular weight excluding hydrogens is 234 g/mol. The molecule has 0 atom stereocenters. The number of rotatable bonds is 3. The Balaban J connectivity index is 2.70. The molecule has 0 aliphatic rings. The minimum Gasteiger partial charge on any atom is -0.468 e. The highest BCUT2D eigenvalue weighted by molar-refractivity contribution is 6.29. The van der Waals surface area contributed by atoms with Gasteiger partial charge in [-0.2, -0.15) is 0 Å². The van der Waals surface area contributed by atoms with E-state index in [9.17, 15) is 9.59 Å². The molecule has 1 aromatic heterocycles. The maximum atomic E-state index is 11.7. The molecule has 0 aliphatic heterocycles. The quantitative estimate of drug-likeness (QED) is 0.718. The van der Waals surface area contributed by atoms with Crippen molar-refractivity contribution in [3.8, 4) is 0 Å². The van der Waals surface area contributed by atoms with Crippen molar-refractivity contribution in [3.63, 3.8) is 0 Å². The van der Waals surface area contributed by atoms with Crippen LogP contribution in [0.2, 0.25) is 5.15 Å². The van der Waals surface area contributed by atoms with E-state index in [1.165, 1.54) is 31.5 Å². The average molecular weight is 244 g/mol. The van der Waals surface area contributed by atoms with Crippen molar-refractivity contribution < 1.29 is 14.3 Å². The average Bonchev–Trinajstić information content (AvgIpc) is 2.28. The molecule has 7 heteroatoms. The van der Waals surface area contributed by atoms with Crippen molar-refractivity contribution in [2.45, 2.75) is 0 Å². The van der Waals surface area contributed by atoms with Gasteiger partial charge in [0, 0.05) is 7.05 Å². The smallest absolute Gasteiger partial charge is 0.325 e. The summed E-state index contributed by atoms with van der Waals surface area (Å²) in [5.41, 5.74) is 0.121. The number of carbonyl (C=O) groups is 2. The summed E-state index contributed by atoms with van der Waals surface area (Å²) in [7, 11) is 2.72. The molecule has 1 amide bonds. The predicted octanol–water partition coefficient (Wildman–Crippen LogP) is 0.375. The number of amides is 1. The first-order valence-electron chi connectivity index (χ1n) is 4.34. The largest absolute Gasteiger partial charge is 0.468 e. The zero-order valence-electron chi connectivity index (χ0n) is 8.81. The Morgan fingerprint density at radius 1 is 1.44 bits per heavy atom. The van der Waals surface area contributed by atoms with E-state index in [0.717, 1.165) is 0 Å². The number of aromatic nitrogens is 2. The summed E-state index contributed by atoms with van der Waals surface area (Å²) in [6, 6.07) is 0. The number of methoxy groups -OCH3 is 1. The van der Waals surface area contributed by atoms with Crippen LogP contribution in [-0.2, 0) is 9.53 Å². The van der Waals surface area contributed by atoms with E-state index >= 15 is 0 Å². The Morgan fingerprint density at radius 2 is 2.12 bits per heavy atom. The third-order valence-corrected chi connectivity index (χ3v) is 1.98. The maximum Gasteiger partial charge on any atom is 0.325 e. The van der Waals surface area contributed by atoms with Gasteiger partial charge in [-0.25, -0.2) is 9.97 Å². The molecule has 86 valence electrons. The Hall–Kier alpha value is -1.69. The van der Waals surface area contributed by atoms with E-state index in [1.54, 1.807) is 0 Å². The van der Waals surface area contributed by atoms with Gasteiger partial charge in [-0.15, -0.1) is 0 Å². The monoisotopic (exact) mass is 243 g/mol. The normalized spacial score (nSPS) is 9.69. The molecule has 0 saturated carbocycles. The van der Waals surface area contributed by atoms with Crippen LogP contribution in [-0.4, -0.2) is 47.4 Å². The summed E-state index contributed by atoms with van der Waals surface area (Å²) < 4.78 is 4.44. The molecule has 1 aromatic rings. The second-order valence-corrected chi connectivity index (χ2v) is 3.35. The minimum absolute atomic E-state index is 0.121. The maximum absolute atomic E-state index is 11.7. The lowest BCUT2D eigenvalue weighted by atomic mass is 10.4. The molecule has 0 fully saturated rings. The Kier molecular flexibility index (Phi) is 4.19. The molecule has 0 saturated heterocycles. The standard InChI is InChI=1S/C9H10ClN3O3/c1-13(5-8(14)16-2)9(15)6-3-12-7(10)4-11-6/h3-4H,5H2,1-2H3. The van der Waals surface area contributed by atoms with E-state index in [-0.39, 0.29) is 17.4 Å². The highest BCUT2D eigenvalue weighted by atomic mass is 35.5. The zero-order valence-corrected chi connectivity index (χ0v) is 9.56. The minimum atomic E-state index is -0.502. The van der Waals surface area contributed by atoms with Crippen LogP contribution in [0.15, 0.2) is 12.4 Å². The van der Waals surface area contributed by atoms with Gasteiger partial charge >= 0.3 is 5.97 Å². The fourth-order valence-electron chi connectivity index (χ4n) is 0.948. The number of ether oxygens (including phenoxy) is 1. The molecule has 0 unspecified atom stereocenters. The molecular formula is C9H10ClN3O3. The third-order valence-electron chi connectivity index (χ3n) is 1.78. The Bertz CT molecular complexity index is 393. The van der Waals surface area contributed by atoms with Crippen LogP contribution in [0.3, 0.4) is 0 Å². The van der Waals surface area contributed by atoms with Gasteiger partial charge in [-0.3, -0.25) is 9.59 Å². The van der Waals surface area contributed by atoms with Gasteiger partial charge < -0.3 is 9.64 Å². The van der Waals surface area contributed by atoms with E-state index < -0.39 is 11.9 Å². The van der Waals surface area contributed by atoms with Gasteiger partial charge in [-0.05, 0) is 0 Å². The first-order valence-corrected chi connectivity index (χ1v) is 4.72. The van der Waals surface area contributed by atoms with Gasteiger partial charge in [-0.1, -0.05) is 11.6 Å². The van der Waals surface area contributed by atoms with Crippen molar-refractivity contribution in [2.75, 3.05) is 20.7 Å². The molecule has 0 spiro atoms. The number of nitrogens with zero attached hydrogens (tertiary/aromatic N) is 3. The van der Waals surface area contributed by atoms with Crippen LogP contribution in [0.25, 0.3) is 0 Å². The zero-order chi connectivity index (χ0) is 12.1. The van der Waals surface area contributed by atoms with Crippen molar-refractivity contribution in [1.82, 2.24) is 14.9 Å². The molecule has 0 N–H and O–H groups in total. The molecule has 0 radical (unpaired) electrons. The van der Waals surface area contributed by atoms with E-state index in [2.05, 4.69) is 14.7 Å². The van der Waals surface area contributed by atoms with Crippen LogP contribution < -0.4 is 0 Å². The molecule has 0 aliphatic carbocycles. The highest BCUT2D eigenvalue weighted by Gasteiger charge is 2.16. The van der Waals surface area contributed by atoms with Gasteiger partial charge in [0.05, 0.1) is 19.5 Å². The lowest BCUT2D eigenvalue weighted by Gasteiger charge is -2.14. The predicted molar refractivity (Wildman–Crippen MR) is 56.0 cm³/mol. The molecule has 1 heterocycles. The molecule has 16 heavy (non-hydrogen) atoms. The van der Waals surface area contributed by atoms with Crippen molar-refractivity contribution in [2.24, 2.45) is 0 Å². The number of halogens is 1. The molecule has 6 nitrogen and oxygen atoms in total. The third kappa shape index (κ3) is 3.16. The lowest BCUT2D eigenvalue weighted by Crippen LogP contribution is -2.33. The summed E-state index contributed by atoms with van der Waals surface area (Å²) in [6.45, 7) is -0.139. The van der Waals surface area contributed by atoms with E-state index in [0.29, 0.717) is 0 Å². The van der Waals surface area contributed by atoms with E-state index in [4.69, 9.17) is 11.6 Å². The topological polar surface area (TPSA) is 72.4 Å². The number of hydrogen-bond donors (Lipinski definition) is 0. The first-order chi connectivity index (χ1) is 7.54. The number of carbonyl (C=O) groups excluding carboxylic acids is 2. The van der Waals surface area contributed by atoms with Crippen molar-refractivity contribution in [3.05, 3.63) is 23.2 Å².